The molecule has 0 aliphatic carbocycles. The third kappa shape index (κ3) is 5.27. The largest absolute Gasteiger partial charge is 0.481 e. The molecule has 6 heteroatoms. The second-order valence-electron chi connectivity index (χ2n) is 4.50. The smallest absolute Gasteiger partial charge is 0.303 e. The van der Waals surface area contributed by atoms with Gasteiger partial charge in [-0.15, -0.1) is 0 Å². The van der Waals surface area contributed by atoms with E-state index in [0.717, 1.165) is 19.3 Å². The maximum Gasteiger partial charge on any atom is 0.303 e. The maximum atomic E-state index is 11.6. The van der Waals surface area contributed by atoms with Crippen molar-refractivity contribution in [2.24, 2.45) is 5.92 Å². The number of unbranched alkanes of at least 4 members (excludes halogenated alkanes) is 3. The van der Waals surface area contributed by atoms with Crippen LogP contribution in [0.4, 0.5) is 0 Å². The van der Waals surface area contributed by atoms with Crippen molar-refractivity contribution in [2.75, 3.05) is 19.6 Å². The Kier molecular flexibility index (Phi) is 6.35. The molecule has 3 N–H and O–H groups in total. The van der Waals surface area contributed by atoms with E-state index in [1.165, 1.54) is 0 Å². The molecule has 1 rings (SSSR count). The Balaban J connectivity index is 1.99. The van der Waals surface area contributed by atoms with Crippen molar-refractivity contribution in [3.05, 3.63) is 0 Å². The molecule has 6 nitrogen and oxygen atoms in total. The lowest BCUT2D eigenvalue weighted by atomic mass is 10.1. The van der Waals surface area contributed by atoms with Gasteiger partial charge in [-0.2, -0.15) is 0 Å². The van der Waals surface area contributed by atoms with Crippen LogP contribution in [-0.2, 0) is 14.4 Å². The van der Waals surface area contributed by atoms with Crippen molar-refractivity contribution in [1.82, 2.24) is 10.6 Å². The molecule has 0 aromatic carbocycles. The van der Waals surface area contributed by atoms with E-state index in [9.17, 15) is 14.4 Å². The summed E-state index contributed by atoms with van der Waals surface area (Å²) in [5.41, 5.74) is 0. The fourth-order valence-electron chi connectivity index (χ4n) is 1.91. The molecule has 0 aromatic rings. The number of Topliss-reactive ketones (excluding diaryl/α,β-unsaturated/α-hetero) is 1. The van der Waals surface area contributed by atoms with Gasteiger partial charge in [0.15, 0.2) is 5.78 Å². The zero-order valence-electron chi connectivity index (χ0n) is 10.4. The van der Waals surface area contributed by atoms with Crippen LogP contribution >= 0.6 is 0 Å². The molecule has 1 amide bonds. The van der Waals surface area contributed by atoms with E-state index in [2.05, 4.69) is 10.6 Å². The van der Waals surface area contributed by atoms with Crippen molar-refractivity contribution in [3.63, 3.8) is 0 Å². The van der Waals surface area contributed by atoms with Crippen molar-refractivity contribution in [2.45, 2.75) is 32.1 Å². The molecule has 1 aliphatic heterocycles. The average Bonchev–Trinajstić information content (AvgIpc) is 2.73. The van der Waals surface area contributed by atoms with Crippen LogP contribution in [0.15, 0.2) is 0 Å². The highest BCUT2D eigenvalue weighted by Gasteiger charge is 2.30. The van der Waals surface area contributed by atoms with Gasteiger partial charge in [0.05, 0.1) is 6.54 Å². The number of amides is 1. The molecule has 1 saturated heterocycles. The van der Waals surface area contributed by atoms with Crippen molar-refractivity contribution in [3.8, 4) is 0 Å². The second kappa shape index (κ2) is 7.81. The number of carboxylic acids is 1. The van der Waals surface area contributed by atoms with Gasteiger partial charge in [0.25, 0.3) is 0 Å². The number of carbonyl (C=O) groups excluding carboxylic acids is 2. The van der Waals surface area contributed by atoms with Crippen molar-refractivity contribution < 1.29 is 19.5 Å². The van der Waals surface area contributed by atoms with Gasteiger partial charge in [-0.3, -0.25) is 14.4 Å². The molecule has 1 fully saturated rings. The first-order valence-electron chi connectivity index (χ1n) is 6.34. The summed E-state index contributed by atoms with van der Waals surface area (Å²) in [5.74, 6) is -1.54. The Hall–Kier alpha value is -1.43. The Morgan fingerprint density at radius 3 is 2.61 bits per heavy atom. The molecule has 0 saturated carbocycles. The summed E-state index contributed by atoms with van der Waals surface area (Å²) in [5, 5.41) is 14.0. The summed E-state index contributed by atoms with van der Waals surface area (Å²) in [7, 11) is 0. The fourth-order valence-corrected chi connectivity index (χ4v) is 1.91. The number of carbonyl (C=O) groups is 3. The Bertz CT molecular complexity index is 317. The first-order chi connectivity index (χ1) is 8.61. The Morgan fingerprint density at radius 2 is 2.00 bits per heavy atom. The van der Waals surface area contributed by atoms with Gasteiger partial charge < -0.3 is 15.7 Å². The van der Waals surface area contributed by atoms with Crippen molar-refractivity contribution >= 4 is 17.7 Å². The van der Waals surface area contributed by atoms with Gasteiger partial charge >= 0.3 is 5.97 Å². The normalized spacial score (nSPS) is 18.9. The van der Waals surface area contributed by atoms with Gasteiger partial charge in [0.1, 0.15) is 5.92 Å². The van der Waals surface area contributed by atoms with Crippen molar-refractivity contribution in [1.29, 1.82) is 0 Å². The molecule has 0 bridgehead atoms. The first-order valence-corrected chi connectivity index (χ1v) is 6.34. The van der Waals surface area contributed by atoms with Gasteiger partial charge in [0.2, 0.25) is 5.91 Å². The molecule has 0 spiro atoms. The molecule has 1 heterocycles. The highest BCUT2D eigenvalue weighted by molar-refractivity contribution is 6.03. The minimum atomic E-state index is -0.768. The summed E-state index contributed by atoms with van der Waals surface area (Å²) in [4.78, 5) is 33.1. The molecule has 102 valence electrons. The lowest BCUT2D eigenvalue weighted by Gasteiger charge is -2.08. The van der Waals surface area contributed by atoms with Crippen LogP contribution in [-0.4, -0.2) is 42.4 Å². The predicted octanol–water partition coefficient (Wildman–Crippen LogP) is -0.0738. The van der Waals surface area contributed by atoms with E-state index in [4.69, 9.17) is 5.11 Å². The first kappa shape index (κ1) is 14.6. The average molecular weight is 256 g/mol. The van der Waals surface area contributed by atoms with Crippen LogP contribution in [0.3, 0.4) is 0 Å². The van der Waals surface area contributed by atoms with Crippen LogP contribution in [0.5, 0.6) is 0 Å². The minimum Gasteiger partial charge on any atom is -0.481 e. The third-order valence-electron chi connectivity index (χ3n) is 2.97. The predicted molar refractivity (Wildman–Crippen MR) is 65.1 cm³/mol. The molecular formula is C12H20N2O4. The van der Waals surface area contributed by atoms with E-state index in [1.54, 1.807) is 0 Å². The Labute approximate surface area is 106 Å². The zero-order valence-corrected chi connectivity index (χ0v) is 10.4. The number of carboxylic acid groups (broad SMARTS) is 1. The highest BCUT2D eigenvalue weighted by atomic mass is 16.4. The summed E-state index contributed by atoms with van der Waals surface area (Å²) in [6.45, 7) is 1.27. The Morgan fingerprint density at radius 1 is 1.28 bits per heavy atom. The number of hydrogen-bond donors (Lipinski definition) is 3. The standard InChI is InChI=1S/C12H20N2O4/c15-10-8-13-7-9(10)12(18)14-6-4-2-1-3-5-11(16)17/h9,13H,1-8H2,(H,14,18)(H,16,17). The minimum absolute atomic E-state index is 0.0473. The van der Waals surface area contributed by atoms with E-state index in [0.29, 0.717) is 19.5 Å². The van der Waals surface area contributed by atoms with Crippen LogP contribution in [0.1, 0.15) is 32.1 Å². The second-order valence-corrected chi connectivity index (χ2v) is 4.50. The lowest BCUT2D eigenvalue weighted by molar-refractivity contribution is -0.137. The molecule has 18 heavy (non-hydrogen) atoms. The highest BCUT2D eigenvalue weighted by Crippen LogP contribution is 2.05. The summed E-state index contributed by atoms with van der Waals surface area (Å²) >= 11 is 0. The van der Waals surface area contributed by atoms with Gasteiger partial charge in [-0.25, -0.2) is 0 Å². The summed E-state index contributed by atoms with van der Waals surface area (Å²) in [6, 6.07) is 0. The quantitative estimate of drug-likeness (QED) is 0.417. The van der Waals surface area contributed by atoms with Gasteiger partial charge in [-0.1, -0.05) is 12.8 Å². The topological polar surface area (TPSA) is 95.5 Å². The zero-order chi connectivity index (χ0) is 13.4. The van der Waals surface area contributed by atoms with Crippen LogP contribution in [0.2, 0.25) is 0 Å². The molecule has 1 atom stereocenters. The molecule has 1 aliphatic rings. The monoisotopic (exact) mass is 256 g/mol. The van der Waals surface area contributed by atoms with Crippen LogP contribution in [0.25, 0.3) is 0 Å². The fraction of sp³-hybridized carbons (Fsp3) is 0.750. The molecule has 0 aromatic heterocycles. The summed E-state index contributed by atoms with van der Waals surface area (Å²) in [6.07, 6.45) is 3.44. The van der Waals surface area contributed by atoms with E-state index in [1.807, 2.05) is 0 Å². The summed E-state index contributed by atoms with van der Waals surface area (Å²) < 4.78 is 0. The molecule has 1 unspecified atom stereocenters. The van der Waals surface area contributed by atoms with Crippen LogP contribution in [0, 0.1) is 5.92 Å². The maximum absolute atomic E-state index is 11.6. The van der Waals surface area contributed by atoms with Gasteiger partial charge in [-0.05, 0) is 12.8 Å². The SMILES string of the molecule is O=C(O)CCCCCCNC(=O)C1CNCC1=O. The lowest BCUT2D eigenvalue weighted by Crippen LogP contribution is -2.35. The van der Waals surface area contributed by atoms with E-state index in [-0.39, 0.29) is 24.7 Å². The number of aliphatic carboxylic acids is 1. The number of nitrogens with one attached hydrogen (secondary N) is 2. The third-order valence-corrected chi connectivity index (χ3v) is 2.97. The van der Waals surface area contributed by atoms with Crippen LogP contribution < -0.4 is 10.6 Å². The molecular weight excluding hydrogens is 236 g/mol. The van der Waals surface area contributed by atoms with E-state index < -0.39 is 11.9 Å². The number of hydrogen-bond acceptors (Lipinski definition) is 4. The number of rotatable bonds is 8. The van der Waals surface area contributed by atoms with E-state index >= 15 is 0 Å². The number of ketones is 1. The van der Waals surface area contributed by atoms with Gasteiger partial charge in [0, 0.05) is 19.5 Å². The molecule has 0 radical (unpaired) electrons.